The fraction of sp³-hybridized carbons (Fsp3) is 0.600. The topological polar surface area (TPSA) is 57.2 Å². The molecular formula is C20H28O5. The van der Waals surface area contributed by atoms with E-state index in [0.717, 1.165) is 55.4 Å². The monoisotopic (exact) mass is 348 g/mol. The molecule has 0 bridgehead atoms. The second kappa shape index (κ2) is 7.77. The van der Waals surface area contributed by atoms with E-state index in [1.54, 1.807) is 14.2 Å². The molecular weight excluding hydrogens is 320 g/mol. The fourth-order valence-electron chi connectivity index (χ4n) is 4.01. The Kier molecular flexibility index (Phi) is 5.67. The van der Waals surface area contributed by atoms with Gasteiger partial charge in [0.2, 0.25) is 6.79 Å². The van der Waals surface area contributed by atoms with Crippen LogP contribution < -0.4 is 9.47 Å². The van der Waals surface area contributed by atoms with E-state index in [1.807, 2.05) is 18.2 Å². The largest absolute Gasteiger partial charge is 0.454 e. The van der Waals surface area contributed by atoms with E-state index in [4.69, 9.17) is 18.9 Å². The van der Waals surface area contributed by atoms with Crippen LogP contribution in [0.5, 0.6) is 11.5 Å². The first-order valence-electron chi connectivity index (χ1n) is 8.96. The van der Waals surface area contributed by atoms with Crippen molar-refractivity contribution in [3.05, 3.63) is 30.3 Å². The molecule has 1 fully saturated rings. The molecule has 1 N–H and O–H groups in total. The van der Waals surface area contributed by atoms with Crippen LogP contribution >= 0.6 is 0 Å². The molecule has 1 heterocycles. The molecule has 1 saturated carbocycles. The lowest BCUT2D eigenvalue weighted by Gasteiger charge is -2.42. The van der Waals surface area contributed by atoms with Gasteiger partial charge in [-0.05, 0) is 54.9 Å². The molecule has 3 rings (SSSR count). The predicted molar refractivity (Wildman–Crippen MR) is 95.5 cm³/mol. The summed E-state index contributed by atoms with van der Waals surface area (Å²) in [4.78, 5) is 0. The lowest BCUT2D eigenvalue weighted by molar-refractivity contribution is -0.113. The number of methoxy groups -OCH3 is 2. The molecule has 2 atom stereocenters. The lowest BCUT2D eigenvalue weighted by Crippen LogP contribution is -2.42. The minimum Gasteiger partial charge on any atom is -0.454 e. The summed E-state index contributed by atoms with van der Waals surface area (Å²) in [6.07, 6.45) is 5.22. The van der Waals surface area contributed by atoms with Crippen molar-refractivity contribution in [2.75, 3.05) is 21.0 Å². The summed E-state index contributed by atoms with van der Waals surface area (Å²) in [6.45, 7) is 4.50. The van der Waals surface area contributed by atoms with Crippen molar-refractivity contribution in [3.8, 4) is 11.5 Å². The molecule has 0 radical (unpaired) electrons. The van der Waals surface area contributed by atoms with Gasteiger partial charge >= 0.3 is 0 Å². The summed E-state index contributed by atoms with van der Waals surface area (Å²) in [5.41, 5.74) is 0.772. The van der Waals surface area contributed by atoms with Gasteiger partial charge in [0.05, 0.1) is 5.60 Å². The first kappa shape index (κ1) is 18.2. The molecule has 5 heteroatoms. The smallest absolute Gasteiger partial charge is 0.231 e. The van der Waals surface area contributed by atoms with Crippen LogP contribution in [0.3, 0.4) is 0 Å². The van der Waals surface area contributed by atoms with Crippen molar-refractivity contribution in [1.29, 1.82) is 0 Å². The Balaban J connectivity index is 1.77. The Morgan fingerprint density at radius 1 is 1.28 bits per heavy atom. The Morgan fingerprint density at radius 3 is 2.80 bits per heavy atom. The molecule has 0 aromatic heterocycles. The number of fused-ring (bicyclic) bond motifs is 1. The van der Waals surface area contributed by atoms with Gasteiger partial charge in [0.15, 0.2) is 17.8 Å². The second-order valence-corrected chi connectivity index (χ2v) is 6.89. The molecule has 0 saturated heterocycles. The van der Waals surface area contributed by atoms with E-state index >= 15 is 0 Å². The van der Waals surface area contributed by atoms with Crippen LogP contribution in [0.15, 0.2) is 24.8 Å². The van der Waals surface area contributed by atoms with Gasteiger partial charge < -0.3 is 24.1 Å². The van der Waals surface area contributed by atoms with Gasteiger partial charge in [-0.1, -0.05) is 25.5 Å². The van der Waals surface area contributed by atoms with Crippen LogP contribution in [0.4, 0.5) is 0 Å². The van der Waals surface area contributed by atoms with Gasteiger partial charge in [0, 0.05) is 14.2 Å². The summed E-state index contributed by atoms with van der Waals surface area (Å²) in [5.74, 6) is 1.60. The maximum atomic E-state index is 11.5. The average molecular weight is 348 g/mol. The first-order chi connectivity index (χ1) is 12.1. The normalized spacial score (nSPS) is 25.4. The number of hydrogen-bond acceptors (Lipinski definition) is 5. The summed E-state index contributed by atoms with van der Waals surface area (Å²) in [5, 5.41) is 11.5. The van der Waals surface area contributed by atoms with Gasteiger partial charge in [-0.2, -0.15) is 0 Å². The van der Waals surface area contributed by atoms with Crippen molar-refractivity contribution >= 4 is 5.57 Å². The molecule has 0 spiro atoms. The standard InChI is InChI=1S/C20H28O5/c1-14(15-7-9-17-18(12-15)25-13-24-17)20(21)11-5-4-6-16(20)8-10-19(22-2)23-3/h7,9,12,16,19,21H,1,4-6,8,10-11,13H2,2-3H3/t16-,20+/m0/s1. The number of benzene rings is 1. The molecule has 5 nitrogen and oxygen atoms in total. The highest BCUT2D eigenvalue weighted by Crippen LogP contribution is 2.46. The number of rotatable bonds is 7. The van der Waals surface area contributed by atoms with E-state index in [0.29, 0.717) is 5.75 Å². The molecule has 0 amide bonds. The fourth-order valence-corrected chi connectivity index (χ4v) is 4.01. The van der Waals surface area contributed by atoms with Crippen LogP contribution in [0.2, 0.25) is 0 Å². The number of hydrogen-bond donors (Lipinski definition) is 1. The number of ether oxygens (including phenoxy) is 4. The third kappa shape index (κ3) is 3.68. The minimum atomic E-state index is -0.905. The highest BCUT2D eigenvalue weighted by molar-refractivity contribution is 5.72. The Bertz CT molecular complexity index is 610. The molecule has 1 aromatic carbocycles. The molecule has 2 aliphatic rings. The van der Waals surface area contributed by atoms with Crippen molar-refractivity contribution in [1.82, 2.24) is 0 Å². The molecule has 1 aliphatic heterocycles. The molecule has 138 valence electrons. The summed E-state index contributed by atoms with van der Waals surface area (Å²) in [6, 6.07) is 5.75. The quantitative estimate of drug-likeness (QED) is 0.761. The molecule has 1 aliphatic carbocycles. The minimum absolute atomic E-state index is 0.145. The Hall–Kier alpha value is -1.56. The van der Waals surface area contributed by atoms with Crippen molar-refractivity contribution in [2.24, 2.45) is 5.92 Å². The highest BCUT2D eigenvalue weighted by atomic mass is 16.7. The van der Waals surface area contributed by atoms with Crippen molar-refractivity contribution in [3.63, 3.8) is 0 Å². The van der Waals surface area contributed by atoms with Crippen LogP contribution in [-0.4, -0.2) is 38.0 Å². The molecule has 0 unspecified atom stereocenters. The maximum Gasteiger partial charge on any atom is 0.231 e. The maximum absolute atomic E-state index is 11.5. The molecule has 1 aromatic rings. The van der Waals surface area contributed by atoms with E-state index < -0.39 is 5.60 Å². The Morgan fingerprint density at radius 2 is 2.04 bits per heavy atom. The van der Waals surface area contributed by atoms with Crippen LogP contribution in [0, 0.1) is 5.92 Å². The third-order valence-corrected chi connectivity index (χ3v) is 5.56. The Labute approximate surface area is 149 Å². The summed E-state index contributed by atoms with van der Waals surface area (Å²) < 4.78 is 21.4. The van der Waals surface area contributed by atoms with E-state index in [1.165, 1.54) is 0 Å². The lowest BCUT2D eigenvalue weighted by atomic mass is 9.68. The van der Waals surface area contributed by atoms with Gasteiger partial charge in [0.25, 0.3) is 0 Å². The average Bonchev–Trinajstić information content (AvgIpc) is 3.11. The van der Waals surface area contributed by atoms with Gasteiger partial charge in [-0.15, -0.1) is 0 Å². The first-order valence-corrected chi connectivity index (χ1v) is 8.96. The summed E-state index contributed by atoms with van der Waals surface area (Å²) >= 11 is 0. The second-order valence-electron chi connectivity index (χ2n) is 6.89. The summed E-state index contributed by atoms with van der Waals surface area (Å²) in [7, 11) is 3.29. The van der Waals surface area contributed by atoms with Gasteiger partial charge in [-0.25, -0.2) is 0 Å². The van der Waals surface area contributed by atoms with Crippen molar-refractivity contribution < 1.29 is 24.1 Å². The zero-order valence-corrected chi connectivity index (χ0v) is 15.1. The zero-order valence-electron chi connectivity index (χ0n) is 15.1. The van der Waals surface area contributed by atoms with Crippen LogP contribution in [-0.2, 0) is 9.47 Å². The molecule has 25 heavy (non-hydrogen) atoms. The SMILES string of the molecule is C=C(c1ccc2c(c1)OCO2)[C@]1(O)CCCC[C@H]1CCC(OC)OC. The van der Waals surface area contributed by atoms with Crippen LogP contribution in [0.1, 0.15) is 44.1 Å². The third-order valence-electron chi connectivity index (χ3n) is 5.56. The van der Waals surface area contributed by atoms with Gasteiger partial charge in [0.1, 0.15) is 0 Å². The van der Waals surface area contributed by atoms with E-state index in [-0.39, 0.29) is 19.0 Å². The highest BCUT2D eigenvalue weighted by Gasteiger charge is 2.41. The van der Waals surface area contributed by atoms with E-state index in [2.05, 4.69) is 6.58 Å². The van der Waals surface area contributed by atoms with Gasteiger partial charge in [-0.3, -0.25) is 0 Å². The van der Waals surface area contributed by atoms with Crippen LogP contribution in [0.25, 0.3) is 5.57 Å². The number of aliphatic hydroxyl groups is 1. The van der Waals surface area contributed by atoms with Crippen molar-refractivity contribution in [2.45, 2.75) is 50.4 Å². The predicted octanol–water partition coefficient (Wildman–Crippen LogP) is 3.75. The van der Waals surface area contributed by atoms with E-state index in [9.17, 15) is 5.11 Å². The zero-order chi connectivity index (χ0) is 17.9.